The maximum Gasteiger partial charge on any atom is 0.343 e. The van der Waals surface area contributed by atoms with Crippen molar-refractivity contribution in [2.24, 2.45) is 0 Å². The quantitative estimate of drug-likeness (QED) is 0.533. The molecule has 4 rings (SSSR count). The third kappa shape index (κ3) is 3.05. The van der Waals surface area contributed by atoms with E-state index in [1.54, 1.807) is 47.0 Å². The molecule has 0 spiro atoms. The lowest BCUT2D eigenvalue weighted by molar-refractivity contribution is 0.0735. The van der Waals surface area contributed by atoms with Gasteiger partial charge < -0.3 is 4.74 Å². The van der Waals surface area contributed by atoms with Gasteiger partial charge in [-0.1, -0.05) is 24.6 Å². The average Bonchev–Trinajstić information content (AvgIpc) is 2.88. The number of para-hydroxylation sites is 1. The number of aromatic nitrogens is 2. The summed E-state index contributed by atoms with van der Waals surface area (Å²) in [6, 6.07) is 13.9. The minimum absolute atomic E-state index is 0.0233. The summed E-state index contributed by atoms with van der Waals surface area (Å²) >= 11 is 0. The minimum Gasteiger partial charge on any atom is -0.423 e. The fraction of sp³-hybridized carbons (Fsp3) is 0.250. The first-order chi connectivity index (χ1) is 12.2. The molecule has 5 nitrogen and oxygen atoms in total. The van der Waals surface area contributed by atoms with Crippen molar-refractivity contribution in [2.45, 2.75) is 32.2 Å². The number of carbonyl (C=O) groups excluding carboxylic acids is 1. The van der Waals surface area contributed by atoms with Crippen LogP contribution in [0, 0.1) is 0 Å². The number of rotatable bonds is 2. The van der Waals surface area contributed by atoms with Crippen LogP contribution >= 0.6 is 0 Å². The van der Waals surface area contributed by atoms with Crippen LogP contribution in [0.1, 0.15) is 35.4 Å². The van der Waals surface area contributed by atoms with E-state index in [-0.39, 0.29) is 5.56 Å². The first kappa shape index (κ1) is 15.6. The molecule has 0 bridgehead atoms. The molecule has 0 atom stereocenters. The molecular formula is C20H18N2O3. The second kappa shape index (κ2) is 6.51. The molecule has 1 aromatic heterocycles. The molecule has 2 aromatic carbocycles. The molecule has 126 valence electrons. The third-order valence-electron chi connectivity index (χ3n) is 4.51. The van der Waals surface area contributed by atoms with Gasteiger partial charge in [0.2, 0.25) is 0 Å². The number of ether oxygens (including phenoxy) is 1. The number of aryl methyl sites for hydroxylation is 1. The van der Waals surface area contributed by atoms with E-state index in [9.17, 15) is 9.59 Å². The lowest BCUT2D eigenvalue weighted by Crippen LogP contribution is -2.24. The van der Waals surface area contributed by atoms with Crippen molar-refractivity contribution < 1.29 is 9.53 Å². The largest absolute Gasteiger partial charge is 0.423 e. The van der Waals surface area contributed by atoms with Crippen LogP contribution in [0.25, 0.3) is 10.9 Å². The van der Waals surface area contributed by atoms with Crippen molar-refractivity contribution in [3.8, 4) is 5.75 Å². The Balaban J connectivity index is 1.72. The summed E-state index contributed by atoms with van der Waals surface area (Å²) in [5.74, 6) is 0.844. The van der Waals surface area contributed by atoms with Gasteiger partial charge >= 0.3 is 5.97 Å². The highest BCUT2D eigenvalue weighted by atomic mass is 16.5. The van der Waals surface area contributed by atoms with E-state index in [2.05, 4.69) is 4.98 Å². The number of carbonyl (C=O) groups is 1. The first-order valence-corrected chi connectivity index (χ1v) is 8.53. The lowest BCUT2D eigenvalue weighted by Gasteiger charge is -2.10. The van der Waals surface area contributed by atoms with E-state index >= 15 is 0 Å². The Morgan fingerprint density at radius 2 is 1.88 bits per heavy atom. The van der Waals surface area contributed by atoms with Crippen molar-refractivity contribution in [1.82, 2.24) is 9.55 Å². The molecule has 0 N–H and O–H groups in total. The Labute approximate surface area is 144 Å². The maximum absolute atomic E-state index is 12.7. The molecule has 0 radical (unpaired) electrons. The zero-order valence-electron chi connectivity index (χ0n) is 13.8. The highest BCUT2D eigenvalue weighted by molar-refractivity contribution is 5.95. The molecule has 2 heterocycles. The van der Waals surface area contributed by atoms with E-state index in [1.807, 2.05) is 6.07 Å². The molecule has 3 aromatic rings. The Kier molecular flexibility index (Phi) is 4.06. The van der Waals surface area contributed by atoms with Crippen molar-refractivity contribution in [3.63, 3.8) is 0 Å². The van der Waals surface area contributed by atoms with Crippen LogP contribution in [0.2, 0.25) is 0 Å². The maximum atomic E-state index is 12.7. The average molecular weight is 334 g/mol. The van der Waals surface area contributed by atoms with Gasteiger partial charge in [-0.25, -0.2) is 9.78 Å². The van der Waals surface area contributed by atoms with Gasteiger partial charge in [-0.15, -0.1) is 0 Å². The lowest BCUT2D eigenvalue weighted by atomic mass is 10.1. The molecule has 0 unspecified atom stereocenters. The Bertz CT molecular complexity index is 993. The van der Waals surface area contributed by atoms with Crippen LogP contribution in [0.3, 0.4) is 0 Å². The summed E-state index contributed by atoms with van der Waals surface area (Å²) in [4.78, 5) is 29.7. The van der Waals surface area contributed by atoms with Crippen LogP contribution in [0.15, 0.2) is 53.3 Å². The summed E-state index contributed by atoms with van der Waals surface area (Å²) in [6.45, 7) is 0.717. The normalized spacial score (nSPS) is 13.9. The number of fused-ring (bicyclic) bond motifs is 2. The molecule has 25 heavy (non-hydrogen) atoms. The van der Waals surface area contributed by atoms with Gasteiger partial charge in [-0.2, -0.15) is 0 Å². The minimum atomic E-state index is -0.454. The molecule has 0 saturated heterocycles. The molecule has 5 heteroatoms. The number of benzene rings is 2. The van der Waals surface area contributed by atoms with Crippen molar-refractivity contribution in [1.29, 1.82) is 0 Å². The van der Waals surface area contributed by atoms with Crippen molar-refractivity contribution in [3.05, 3.63) is 70.3 Å². The van der Waals surface area contributed by atoms with Gasteiger partial charge in [-0.3, -0.25) is 9.36 Å². The zero-order chi connectivity index (χ0) is 17.2. The fourth-order valence-electron chi connectivity index (χ4n) is 3.20. The smallest absolute Gasteiger partial charge is 0.343 e. The summed E-state index contributed by atoms with van der Waals surface area (Å²) in [7, 11) is 0. The fourth-order valence-corrected chi connectivity index (χ4v) is 3.20. The highest BCUT2D eigenvalue weighted by Crippen LogP contribution is 2.18. The van der Waals surface area contributed by atoms with Crippen LogP contribution in [-0.2, 0) is 13.0 Å². The van der Waals surface area contributed by atoms with Gasteiger partial charge in [-0.05, 0) is 43.2 Å². The number of esters is 1. The standard InChI is InChI=1S/C20H18N2O3/c23-19-16-11-10-14(20(24)25-15-7-3-1-4-8-15)13-17(16)21-18-9-5-2-6-12-22(18)19/h1,3-4,7-8,10-11,13H,2,5-6,9,12H2. The monoisotopic (exact) mass is 334 g/mol. The Hall–Kier alpha value is -2.95. The zero-order valence-corrected chi connectivity index (χ0v) is 13.8. The molecular weight excluding hydrogens is 316 g/mol. The first-order valence-electron chi connectivity index (χ1n) is 8.53. The van der Waals surface area contributed by atoms with Gasteiger partial charge in [0, 0.05) is 13.0 Å². The van der Waals surface area contributed by atoms with Crippen LogP contribution in [0.4, 0.5) is 0 Å². The predicted octanol–water partition coefficient (Wildman–Crippen LogP) is 3.34. The molecule has 0 amide bonds. The predicted molar refractivity (Wildman–Crippen MR) is 95.0 cm³/mol. The van der Waals surface area contributed by atoms with Gasteiger partial charge in [0.15, 0.2) is 0 Å². The van der Waals surface area contributed by atoms with Crippen LogP contribution < -0.4 is 10.3 Å². The summed E-state index contributed by atoms with van der Waals surface area (Å²) in [6.07, 6.45) is 3.94. The second-order valence-corrected chi connectivity index (χ2v) is 6.23. The van der Waals surface area contributed by atoms with Crippen LogP contribution in [-0.4, -0.2) is 15.5 Å². The van der Waals surface area contributed by atoms with Gasteiger partial charge in [0.1, 0.15) is 11.6 Å². The summed E-state index contributed by atoms with van der Waals surface area (Å²) in [5, 5.41) is 0.543. The molecule has 0 fully saturated rings. The highest BCUT2D eigenvalue weighted by Gasteiger charge is 2.16. The number of hydrogen-bond acceptors (Lipinski definition) is 4. The third-order valence-corrected chi connectivity index (χ3v) is 4.51. The SMILES string of the molecule is O=C(Oc1ccccc1)c1ccc2c(=O)n3c(nc2c1)CCCCC3. The van der Waals surface area contributed by atoms with Crippen molar-refractivity contribution >= 4 is 16.9 Å². The molecule has 1 aliphatic rings. The van der Waals surface area contributed by atoms with E-state index in [4.69, 9.17) is 4.74 Å². The number of hydrogen-bond donors (Lipinski definition) is 0. The van der Waals surface area contributed by atoms with Gasteiger partial charge in [0.05, 0.1) is 16.5 Å². The van der Waals surface area contributed by atoms with Crippen molar-refractivity contribution in [2.75, 3.05) is 0 Å². The van der Waals surface area contributed by atoms with Gasteiger partial charge in [0.25, 0.3) is 5.56 Å². The van der Waals surface area contributed by atoms with E-state index < -0.39 is 5.97 Å². The summed E-state index contributed by atoms with van der Waals surface area (Å²) < 4.78 is 7.14. The Morgan fingerprint density at radius 1 is 1.04 bits per heavy atom. The van der Waals surface area contributed by atoms with E-state index in [1.165, 1.54) is 0 Å². The number of nitrogens with zero attached hydrogens (tertiary/aromatic N) is 2. The molecule has 0 saturated carbocycles. The molecule has 1 aliphatic heterocycles. The summed E-state index contributed by atoms with van der Waals surface area (Å²) in [5.41, 5.74) is 0.923. The van der Waals surface area contributed by atoms with Crippen LogP contribution in [0.5, 0.6) is 5.75 Å². The van der Waals surface area contributed by atoms with E-state index in [0.29, 0.717) is 22.2 Å². The topological polar surface area (TPSA) is 61.2 Å². The second-order valence-electron chi connectivity index (χ2n) is 6.23. The van der Waals surface area contributed by atoms with E-state index in [0.717, 1.165) is 38.1 Å². The molecule has 0 aliphatic carbocycles. The Morgan fingerprint density at radius 3 is 2.72 bits per heavy atom.